The molecular weight excluding hydrogens is 349 g/mol. The van der Waals surface area contributed by atoms with E-state index in [9.17, 15) is 14.0 Å². The molecule has 2 N–H and O–H groups in total. The Morgan fingerprint density at radius 2 is 2.10 bits per heavy atom. The first-order chi connectivity index (χ1) is 9.41. The molecule has 0 unspecified atom stereocenters. The number of carboxylic acids is 1. The maximum atomic E-state index is 13.8. The van der Waals surface area contributed by atoms with Crippen molar-refractivity contribution in [2.45, 2.75) is 6.92 Å². The minimum absolute atomic E-state index is 0.0197. The predicted octanol–water partition coefficient (Wildman–Crippen LogP) is 3.91. The standard InChI is InChI=1S/C13H9BrFNO3S/c1-6-5-20-11(13(18)19)10(6)16-12(17)7-3-2-4-8(14)9(7)15/h2-5H,1H3,(H,16,17)(H,18,19). The maximum absolute atomic E-state index is 13.8. The van der Waals surface area contributed by atoms with E-state index in [-0.39, 0.29) is 20.6 Å². The van der Waals surface area contributed by atoms with Crippen LogP contribution in [0.1, 0.15) is 25.6 Å². The second kappa shape index (κ2) is 5.72. The van der Waals surface area contributed by atoms with Crippen LogP contribution in [0, 0.1) is 12.7 Å². The molecule has 1 heterocycles. The van der Waals surface area contributed by atoms with E-state index >= 15 is 0 Å². The van der Waals surface area contributed by atoms with E-state index in [1.165, 1.54) is 18.2 Å². The molecule has 1 amide bonds. The molecule has 0 fully saturated rings. The van der Waals surface area contributed by atoms with Crippen LogP contribution in [-0.2, 0) is 0 Å². The van der Waals surface area contributed by atoms with Gasteiger partial charge in [0.1, 0.15) is 10.7 Å². The number of carboxylic acid groups (broad SMARTS) is 1. The highest BCUT2D eigenvalue weighted by Crippen LogP contribution is 2.28. The Bertz CT molecular complexity index is 699. The van der Waals surface area contributed by atoms with Crippen molar-refractivity contribution in [2.75, 3.05) is 5.32 Å². The van der Waals surface area contributed by atoms with Crippen LogP contribution in [0.25, 0.3) is 0 Å². The number of amides is 1. The number of nitrogens with one attached hydrogen (secondary N) is 1. The molecular formula is C13H9BrFNO3S. The largest absolute Gasteiger partial charge is 0.477 e. The minimum atomic E-state index is -1.13. The number of thiophene rings is 1. The zero-order chi connectivity index (χ0) is 14.9. The lowest BCUT2D eigenvalue weighted by Crippen LogP contribution is -2.16. The summed E-state index contributed by atoms with van der Waals surface area (Å²) in [7, 11) is 0. The predicted molar refractivity (Wildman–Crippen MR) is 78.1 cm³/mol. The lowest BCUT2D eigenvalue weighted by Gasteiger charge is -2.08. The van der Waals surface area contributed by atoms with Gasteiger partial charge < -0.3 is 10.4 Å². The molecule has 0 spiro atoms. The molecule has 2 aromatic rings. The second-order valence-electron chi connectivity index (χ2n) is 3.98. The average Bonchev–Trinajstić information content (AvgIpc) is 2.74. The number of carbonyl (C=O) groups excluding carboxylic acids is 1. The molecule has 0 aliphatic rings. The topological polar surface area (TPSA) is 66.4 Å². The summed E-state index contributed by atoms with van der Waals surface area (Å²) in [6.45, 7) is 1.68. The maximum Gasteiger partial charge on any atom is 0.348 e. The SMILES string of the molecule is Cc1csc(C(=O)O)c1NC(=O)c1cccc(Br)c1F. The normalized spacial score (nSPS) is 10.3. The average molecular weight is 358 g/mol. The van der Waals surface area contributed by atoms with E-state index < -0.39 is 17.7 Å². The van der Waals surface area contributed by atoms with Gasteiger partial charge >= 0.3 is 5.97 Å². The van der Waals surface area contributed by atoms with Crippen LogP contribution in [0.2, 0.25) is 0 Å². The number of rotatable bonds is 3. The van der Waals surface area contributed by atoms with Crippen LogP contribution < -0.4 is 5.32 Å². The van der Waals surface area contributed by atoms with Gasteiger partial charge in [-0.3, -0.25) is 4.79 Å². The molecule has 2 rings (SSSR count). The van der Waals surface area contributed by atoms with Gasteiger partial charge in [-0.25, -0.2) is 9.18 Å². The molecule has 0 aliphatic carbocycles. The molecule has 7 heteroatoms. The number of anilines is 1. The third-order valence-electron chi connectivity index (χ3n) is 2.60. The van der Waals surface area contributed by atoms with Crippen molar-refractivity contribution in [3.05, 3.63) is 49.9 Å². The second-order valence-corrected chi connectivity index (χ2v) is 5.72. The van der Waals surface area contributed by atoms with Crippen LogP contribution in [-0.4, -0.2) is 17.0 Å². The summed E-state index contributed by atoms with van der Waals surface area (Å²) in [5, 5.41) is 13.1. The van der Waals surface area contributed by atoms with Crippen LogP contribution >= 0.6 is 27.3 Å². The number of hydrogen-bond acceptors (Lipinski definition) is 3. The number of halogens is 2. The van der Waals surface area contributed by atoms with Crippen LogP contribution in [0.3, 0.4) is 0 Å². The molecule has 1 aromatic heterocycles. The Morgan fingerprint density at radius 1 is 1.40 bits per heavy atom. The van der Waals surface area contributed by atoms with Gasteiger partial charge in [0, 0.05) is 0 Å². The highest BCUT2D eigenvalue weighted by Gasteiger charge is 2.20. The third kappa shape index (κ3) is 2.73. The number of carbonyl (C=O) groups is 2. The van der Waals surface area contributed by atoms with E-state index in [0.717, 1.165) is 11.3 Å². The Kier molecular flexibility index (Phi) is 4.20. The summed E-state index contributed by atoms with van der Waals surface area (Å²) in [4.78, 5) is 23.1. The van der Waals surface area contributed by atoms with Gasteiger partial charge in [-0.05, 0) is 45.9 Å². The Balaban J connectivity index is 2.35. The van der Waals surface area contributed by atoms with E-state index in [2.05, 4.69) is 21.2 Å². The highest BCUT2D eigenvalue weighted by molar-refractivity contribution is 9.10. The lowest BCUT2D eigenvalue weighted by atomic mass is 10.2. The molecule has 0 aliphatic heterocycles. The van der Waals surface area contributed by atoms with Gasteiger partial charge in [-0.1, -0.05) is 6.07 Å². The number of hydrogen-bond donors (Lipinski definition) is 2. The zero-order valence-electron chi connectivity index (χ0n) is 10.2. The van der Waals surface area contributed by atoms with E-state index in [1.54, 1.807) is 12.3 Å². The first-order valence-corrected chi connectivity index (χ1v) is 7.15. The molecule has 1 aromatic carbocycles. The van der Waals surface area contributed by atoms with Crippen molar-refractivity contribution in [1.82, 2.24) is 0 Å². The van der Waals surface area contributed by atoms with E-state index in [4.69, 9.17) is 5.11 Å². The molecule has 0 saturated heterocycles. The highest BCUT2D eigenvalue weighted by atomic mass is 79.9. The fraction of sp³-hybridized carbons (Fsp3) is 0.0769. The Morgan fingerprint density at radius 3 is 2.75 bits per heavy atom. The fourth-order valence-electron chi connectivity index (χ4n) is 1.62. The van der Waals surface area contributed by atoms with E-state index in [1.807, 2.05) is 0 Å². The molecule has 0 atom stereocenters. The van der Waals surface area contributed by atoms with Gasteiger partial charge in [0.05, 0.1) is 15.7 Å². The molecule has 104 valence electrons. The van der Waals surface area contributed by atoms with Crippen LogP contribution in [0.5, 0.6) is 0 Å². The quantitative estimate of drug-likeness (QED) is 0.874. The zero-order valence-corrected chi connectivity index (χ0v) is 12.6. The van der Waals surface area contributed by atoms with Crippen molar-refractivity contribution in [3.63, 3.8) is 0 Å². The fourth-order valence-corrected chi connectivity index (χ4v) is 2.83. The van der Waals surface area contributed by atoms with Crippen LogP contribution in [0.4, 0.5) is 10.1 Å². The van der Waals surface area contributed by atoms with Gasteiger partial charge in [-0.15, -0.1) is 11.3 Å². The van der Waals surface area contributed by atoms with Gasteiger partial charge in [-0.2, -0.15) is 0 Å². The summed E-state index contributed by atoms with van der Waals surface area (Å²) in [5.74, 6) is -2.50. The van der Waals surface area contributed by atoms with Crippen molar-refractivity contribution >= 4 is 44.8 Å². The van der Waals surface area contributed by atoms with Crippen LogP contribution in [0.15, 0.2) is 28.1 Å². The number of aryl methyl sites for hydroxylation is 1. The molecule has 0 radical (unpaired) electrons. The monoisotopic (exact) mass is 357 g/mol. The molecule has 4 nitrogen and oxygen atoms in total. The Labute approximate surface area is 126 Å². The van der Waals surface area contributed by atoms with Crippen molar-refractivity contribution < 1.29 is 19.1 Å². The van der Waals surface area contributed by atoms with E-state index in [0.29, 0.717) is 5.56 Å². The van der Waals surface area contributed by atoms with Crippen molar-refractivity contribution in [2.24, 2.45) is 0 Å². The number of aromatic carboxylic acids is 1. The first kappa shape index (κ1) is 14.7. The molecule has 0 saturated carbocycles. The lowest BCUT2D eigenvalue weighted by molar-refractivity contribution is 0.0703. The van der Waals surface area contributed by atoms with Crippen molar-refractivity contribution in [3.8, 4) is 0 Å². The number of benzene rings is 1. The summed E-state index contributed by atoms with van der Waals surface area (Å²) < 4.78 is 14.0. The van der Waals surface area contributed by atoms with Crippen molar-refractivity contribution in [1.29, 1.82) is 0 Å². The van der Waals surface area contributed by atoms with Gasteiger partial charge in [0.2, 0.25) is 0 Å². The summed E-state index contributed by atoms with van der Waals surface area (Å²) in [6.07, 6.45) is 0. The molecule has 0 bridgehead atoms. The Hall–Kier alpha value is -1.73. The van der Waals surface area contributed by atoms with Gasteiger partial charge in [0.15, 0.2) is 0 Å². The first-order valence-electron chi connectivity index (χ1n) is 5.48. The summed E-state index contributed by atoms with van der Waals surface area (Å²) >= 11 is 4.01. The third-order valence-corrected chi connectivity index (χ3v) is 4.30. The summed E-state index contributed by atoms with van der Waals surface area (Å²) in [5.41, 5.74) is 0.671. The van der Waals surface area contributed by atoms with Gasteiger partial charge in [0.25, 0.3) is 5.91 Å². The smallest absolute Gasteiger partial charge is 0.348 e. The summed E-state index contributed by atoms with van der Waals surface area (Å²) in [6, 6.07) is 4.34. The minimum Gasteiger partial charge on any atom is -0.477 e. The molecule has 20 heavy (non-hydrogen) atoms.